The van der Waals surface area contributed by atoms with Gasteiger partial charge in [0.2, 0.25) is 0 Å². The van der Waals surface area contributed by atoms with Gasteiger partial charge >= 0.3 is 17.9 Å². The summed E-state index contributed by atoms with van der Waals surface area (Å²) in [5.74, 6) is -0.867. The maximum absolute atomic E-state index is 12.6. The van der Waals surface area contributed by atoms with Gasteiger partial charge < -0.3 is 14.2 Å². The highest BCUT2D eigenvalue weighted by Gasteiger charge is 2.19. The minimum Gasteiger partial charge on any atom is -0.462 e. The topological polar surface area (TPSA) is 78.9 Å². The summed E-state index contributed by atoms with van der Waals surface area (Å²) in [6.07, 6.45) is 41.1. The van der Waals surface area contributed by atoms with Crippen LogP contribution in [0.25, 0.3) is 0 Å². The van der Waals surface area contributed by atoms with Gasteiger partial charge in [0.15, 0.2) is 6.10 Å². The van der Waals surface area contributed by atoms with Crippen LogP contribution in [-0.4, -0.2) is 37.2 Å². The molecule has 0 bridgehead atoms. The van der Waals surface area contributed by atoms with Crippen LogP contribution in [0.3, 0.4) is 0 Å². The third-order valence-corrected chi connectivity index (χ3v) is 10.1. The Kier molecular flexibility index (Phi) is 39.9. The number of rotatable bonds is 41. The Morgan fingerprint density at radius 3 is 0.784 bits per heavy atom. The smallest absolute Gasteiger partial charge is 0.306 e. The van der Waals surface area contributed by atoms with Gasteiger partial charge in [0.1, 0.15) is 13.2 Å². The summed E-state index contributed by atoms with van der Waals surface area (Å²) in [4.78, 5) is 37.4. The lowest BCUT2D eigenvalue weighted by Gasteiger charge is -2.18. The highest BCUT2D eigenvalue weighted by Crippen LogP contribution is 2.16. The van der Waals surface area contributed by atoms with Gasteiger partial charge in [-0.05, 0) is 19.3 Å². The van der Waals surface area contributed by atoms with E-state index in [1.807, 2.05) is 0 Å². The molecule has 0 aromatic carbocycles. The van der Waals surface area contributed by atoms with Crippen LogP contribution in [0.5, 0.6) is 0 Å². The summed E-state index contributed by atoms with van der Waals surface area (Å²) < 4.78 is 16.6. The molecule has 0 spiro atoms. The van der Waals surface area contributed by atoms with Gasteiger partial charge in [-0.15, -0.1) is 0 Å². The lowest BCUT2D eigenvalue weighted by molar-refractivity contribution is -0.167. The second-order valence-electron chi connectivity index (χ2n) is 15.3. The van der Waals surface area contributed by atoms with Crippen molar-refractivity contribution in [1.29, 1.82) is 0 Å². The van der Waals surface area contributed by atoms with Gasteiger partial charge in [0, 0.05) is 19.3 Å². The molecule has 0 heterocycles. The minimum absolute atomic E-state index is 0.0638. The summed E-state index contributed by atoms with van der Waals surface area (Å²) >= 11 is 0. The van der Waals surface area contributed by atoms with Crippen molar-refractivity contribution in [1.82, 2.24) is 0 Å². The van der Waals surface area contributed by atoms with E-state index in [0.717, 1.165) is 64.2 Å². The fourth-order valence-corrected chi connectivity index (χ4v) is 6.68. The van der Waals surface area contributed by atoms with Crippen molar-refractivity contribution in [3.63, 3.8) is 0 Å². The second-order valence-corrected chi connectivity index (χ2v) is 15.3. The first-order chi connectivity index (χ1) is 25.0. The Morgan fingerprint density at radius 1 is 0.314 bits per heavy atom. The quantitative estimate of drug-likeness (QED) is 0.0355. The van der Waals surface area contributed by atoms with Crippen molar-refractivity contribution >= 4 is 17.9 Å². The molecule has 302 valence electrons. The van der Waals surface area contributed by atoms with E-state index in [-0.39, 0.29) is 31.1 Å². The molecule has 0 N–H and O–H groups in total. The van der Waals surface area contributed by atoms with Crippen LogP contribution in [0.15, 0.2) is 0 Å². The molecule has 0 radical (unpaired) electrons. The lowest BCUT2D eigenvalue weighted by Crippen LogP contribution is -2.30. The molecular weight excluding hydrogens is 636 g/mol. The predicted molar refractivity (Wildman–Crippen MR) is 215 cm³/mol. The van der Waals surface area contributed by atoms with Crippen LogP contribution in [0.2, 0.25) is 0 Å². The first-order valence-electron chi connectivity index (χ1n) is 22.5. The van der Waals surface area contributed by atoms with Crippen molar-refractivity contribution in [3.8, 4) is 0 Å². The molecule has 0 amide bonds. The van der Waals surface area contributed by atoms with Crippen molar-refractivity contribution in [2.75, 3.05) is 13.2 Å². The molecule has 0 saturated carbocycles. The highest BCUT2D eigenvalue weighted by atomic mass is 16.6. The Hall–Kier alpha value is -1.59. The molecular formula is C45H86O6. The molecule has 0 aliphatic rings. The van der Waals surface area contributed by atoms with Crippen LogP contribution in [0.1, 0.15) is 252 Å². The summed E-state index contributed by atoms with van der Waals surface area (Å²) in [7, 11) is 0. The number of hydrogen-bond donors (Lipinski definition) is 0. The van der Waals surface area contributed by atoms with E-state index in [1.165, 1.54) is 148 Å². The van der Waals surface area contributed by atoms with E-state index in [1.54, 1.807) is 0 Å². The molecule has 0 aromatic rings. The SMILES string of the molecule is CCCCCCCCCCCCCCCCCCC(=O)OCC(COC(=O)CCCCCCC)OC(=O)CCCCCCCCCCCCCC. The maximum atomic E-state index is 12.6. The number of carbonyl (C=O) groups is 3. The van der Waals surface area contributed by atoms with Gasteiger partial charge in [-0.25, -0.2) is 0 Å². The van der Waals surface area contributed by atoms with Crippen LogP contribution in [-0.2, 0) is 28.6 Å². The van der Waals surface area contributed by atoms with Crippen LogP contribution >= 0.6 is 0 Å². The zero-order valence-electron chi connectivity index (χ0n) is 34.4. The van der Waals surface area contributed by atoms with E-state index in [2.05, 4.69) is 20.8 Å². The summed E-state index contributed by atoms with van der Waals surface area (Å²) in [5, 5.41) is 0. The molecule has 0 aliphatic carbocycles. The Morgan fingerprint density at radius 2 is 0.529 bits per heavy atom. The number of esters is 3. The molecule has 51 heavy (non-hydrogen) atoms. The molecule has 0 aromatic heterocycles. The third-order valence-electron chi connectivity index (χ3n) is 10.1. The lowest BCUT2D eigenvalue weighted by atomic mass is 10.0. The zero-order chi connectivity index (χ0) is 37.3. The molecule has 0 aliphatic heterocycles. The molecule has 0 fully saturated rings. The standard InChI is InChI=1S/C45H86O6/c1-4-7-10-13-15-17-19-21-22-23-24-26-27-29-32-35-38-44(47)50-41-42(40-49-43(46)37-34-31-12-9-6-3)51-45(48)39-36-33-30-28-25-20-18-16-14-11-8-5-2/h42H,4-41H2,1-3H3. The fraction of sp³-hybridized carbons (Fsp3) is 0.933. The Balaban J connectivity index is 4.16. The molecule has 1 atom stereocenters. The third kappa shape index (κ3) is 39.5. The van der Waals surface area contributed by atoms with Crippen molar-refractivity contribution in [2.24, 2.45) is 0 Å². The summed E-state index contributed by atoms with van der Waals surface area (Å²) in [6, 6.07) is 0. The van der Waals surface area contributed by atoms with Crippen molar-refractivity contribution in [3.05, 3.63) is 0 Å². The molecule has 0 saturated heterocycles. The summed E-state index contributed by atoms with van der Waals surface area (Å²) in [5.41, 5.74) is 0. The number of hydrogen-bond acceptors (Lipinski definition) is 6. The zero-order valence-corrected chi connectivity index (χ0v) is 34.4. The predicted octanol–water partition coefficient (Wildman–Crippen LogP) is 14.1. The Labute approximate surface area is 317 Å². The molecule has 6 heteroatoms. The largest absolute Gasteiger partial charge is 0.462 e. The average molecular weight is 723 g/mol. The normalized spacial score (nSPS) is 11.8. The molecule has 1 unspecified atom stereocenters. The van der Waals surface area contributed by atoms with Gasteiger partial charge in [-0.2, -0.15) is 0 Å². The monoisotopic (exact) mass is 723 g/mol. The van der Waals surface area contributed by atoms with E-state index in [9.17, 15) is 14.4 Å². The highest BCUT2D eigenvalue weighted by molar-refractivity contribution is 5.71. The van der Waals surface area contributed by atoms with E-state index >= 15 is 0 Å². The average Bonchev–Trinajstić information content (AvgIpc) is 3.12. The van der Waals surface area contributed by atoms with Crippen molar-refractivity contribution < 1.29 is 28.6 Å². The van der Waals surface area contributed by atoms with Crippen LogP contribution < -0.4 is 0 Å². The van der Waals surface area contributed by atoms with Crippen LogP contribution in [0.4, 0.5) is 0 Å². The number of unbranched alkanes of at least 4 members (excludes halogenated alkanes) is 30. The van der Waals surface area contributed by atoms with Gasteiger partial charge in [-0.1, -0.05) is 213 Å². The Bertz CT molecular complexity index is 753. The van der Waals surface area contributed by atoms with Crippen LogP contribution in [0, 0.1) is 0 Å². The summed E-state index contributed by atoms with van der Waals surface area (Å²) in [6.45, 7) is 6.57. The van der Waals surface area contributed by atoms with E-state index < -0.39 is 6.10 Å². The first-order valence-corrected chi connectivity index (χ1v) is 22.5. The van der Waals surface area contributed by atoms with Gasteiger partial charge in [0.05, 0.1) is 0 Å². The van der Waals surface area contributed by atoms with Gasteiger partial charge in [-0.3, -0.25) is 14.4 Å². The number of carbonyl (C=O) groups excluding carboxylic acids is 3. The van der Waals surface area contributed by atoms with E-state index in [4.69, 9.17) is 14.2 Å². The second kappa shape index (κ2) is 41.2. The molecule has 6 nitrogen and oxygen atoms in total. The minimum atomic E-state index is -0.756. The molecule has 0 rings (SSSR count). The van der Waals surface area contributed by atoms with Crippen molar-refractivity contribution in [2.45, 2.75) is 258 Å². The van der Waals surface area contributed by atoms with E-state index in [0.29, 0.717) is 19.3 Å². The fourth-order valence-electron chi connectivity index (χ4n) is 6.68. The van der Waals surface area contributed by atoms with Gasteiger partial charge in [0.25, 0.3) is 0 Å². The number of ether oxygens (including phenoxy) is 3. The first kappa shape index (κ1) is 49.4. The maximum Gasteiger partial charge on any atom is 0.306 e.